The Kier molecular flexibility index (Phi) is 7.88. The van der Waals surface area contributed by atoms with Gasteiger partial charge < -0.3 is 15.1 Å². The number of amides is 3. The van der Waals surface area contributed by atoms with Gasteiger partial charge in [-0.15, -0.1) is 0 Å². The quantitative estimate of drug-likeness (QED) is 0.430. The average molecular weight is 555 g/mol. The summed E-state index contributed by atoms with van der Waals surface area (Å²) in [5.41, 5.74) is 1.73. The van der Waals surface area contributed by atoms with Gasteiger partial charge in [0.15, 0.2) is 0 Å². The zero-order valence-corrected chi connectivity index (χ0v) is 22.3. The van der Waals surface area contributed by atoms with Crippen molar-refractivity contribution in [2.75, 3.05) is 13.1 Å². The van der Waals surface area contributed by atoms with E-state index in [2.05, 4.69) is 10.6 Å². The molecule has 0 aromatic heterocycles. The molecule has 1 unspecified atom stereocenters. The molecule has 3 amide bonds. The third kappa shape index (κ3) is 5.65. The molecule has 5 rings (SSSR count). The Bertz CT molecular complexity index is 1310. The molecule has 0 radical (unpaired) electrons. The Morgan fingerprint density at radius 3 is 2.39 bits per heavy atom. The largest absolute Gasteiger partial charge is 0.334 e. The highest BCUT2D eigenvalue weighted by molar-refractivity contribution is 6.42. The first-order valence-corrected chi connectivity index (χ1v) is 13.4. The molecule has 3 aromatic carbocycles. The number of hydrogen-bond acceptors (Lipinski definition) is 3. The van der Waals surface area contributed by atoms with Crippen molar-refractivity contribution < 1.29 is 14.0 Å². The van der Waals surface area contributed by atoms with Crippen LogP contribution in [0.4, 0.5) is 9.18 Å². The standard InChI is InChI=1S/C29H29Cl2FN4O2/c30-23-11-10-21(16-24(23)31)18-33-28(38)35-14-12-29(13-15-35)34-26(17-20-6-2-1-3-7-20)27(37)36(29)19-22-8-4-5-9-25(22)32/h1-11,16,26,34H,12-15,17-19H2,(H,33,38). The smallest absolute Gasteiger partial charge is 0.317 e. The van der Waals surface area contributed by atoms with Gasteiger partial charge in [-0.1, -0.05) is 77.8 Å². The van der Waals surface area contributed by atoms with Crippen molar-refractivity contribution in [3.05, 3.63) is 105 Å². The molecular formula is C29H29Cl2FN4O2. The van der Waals surface area contributed by atoms with Crippen LogP contribution >= 0.6 is 23.2 Å². The van der Waals surface area contributed by atoms with E-state index in [-0.39, 0.29) is 24.3 Å². The molecule has 2 fully saturated rings. The van der Waals surface area contributed by atoms with Crippen molar-refractivity contribution in [1.29, 1.82) is 0 Å². The molecule has 2 heterocycles. The van der Waals surface area contributed by atoms with Crippen LogP contribution in [0.2, 0.25) is 10.0 Å². The Labute approximate surface area is 231 Å². The van der Waals surface area contributed by atoms with Gasteiger partial charge in [0.25, 0.3) is 0 Å². The summed E-state index contributed by atoms with van der Waals surface area (Å²) < 4.78 is 14.6. The van der Waals surface area contributed by atoms with E-state index in [0.29, 0.717) is 54.5 Å². The molecule has 1 spiro atoms. The fourth-order valence-electron chi connectivity index (χ4n) is 5.31. The third-order valence-electron chi connectivity index (χ3n) is 7.40. The van der Waals surface area contributed by atoms with Crippen LogP contribution in [0.25, 0.3) is 0 Å². The molecule has 2 aliphatic rings. The van der Waals surface area contributed by atoms with Gasteiger partial charge in [-0.3, -0.25) is 10.1 Å². The Morgan fingerprint density at radius 2 is 1.68 bits per heavy atom. The van der Waals surface area contributed by atoms with Crippen molar-refractivity contribution >= 4 is 35.1 Å². The van der Waals surface area contributed by atoms with E-state index in [1.807, 2.05) is 36.4 Å². The van der Waals surface area contributed by atoms with Gasteiger partial charge in [-0.2, -0.15) is 0 Å². The summed E-state index contributed by atoms with van der Waals surface area (Å²) in [5.74, 6) is -0.379. The molecule has 0 aliphatic carbocycles. The van der Waals surface area contributed by atoms with Crippen LogP contribution in [0.3, 0.4) is 0 Å². The van der Waals surface area contributed by atoms with Crippen molar-refractivity contribution in [2.45, 2.75) is 44.1 Å². The van der Waals surface area contributed by atoms with Crippen LogP contribution in [0.15, 0.2) is 72.8 Å². The number of carbonyl (C=O) groups excluding carboxylic acids is 2. The highest BCUT2D eigenvalue weighted by atomic mass is 35.5. The number of nitrogens with one attached hydrogen (secondary N) is 2. The normalized spacial score (nSPS) is 18.7. The van der Waals surface area contributed by atoms with E-state index in [4.69, 9.17) is 23.2 Å². The minimum Gasteiger partial charge on any atom is -0.334 e. The zero-order chi connectivity index (χ0) is 26.7. The minimum atomic E-state index is -0.653. The summed E-state index contributed by atoms with van der Waals surface area (Å²) in [5, 5.41) is 7.43. The number of likely N-dealkylation sites (tertiary alicyclic amines) is 1. The van der Waals surface area contributed by atoms with Gasteiger partial charge in [-0.05, 0) is 35.7 Å². The van der Waals surface area contributed by atoms with Crippen LogP contribution in [-0.4, -0.2) is 46.5 Å². The summed E-state index contributed by atoms with van der Waals surface area (Å²) in [4.78, 5) is 30.1. The number of benzene rings is 3. The van der Waals surface area contributed by atoms with E-state index in [1.54, 1.807) is 40.1 Å². The van der Waals surface area contributed by atoms with E-state index in [0.717, 1.165) is 11.1 Å². The molecule has 38 heavy (non-hydrogen) atoms. The van der Waals surface area contributed by atoms with E-state index in [1.165, 1.54) is 6.07 Å². The zero-order valence-electron chi connectivity index (χ0n) is 20.8. The van der Waals surface area contributed by atoms with Gasteiger partial charge in [0.05, 0.1) is 28.3 Å². The van der Waals surface area contributed by atoms with Gasteiger partial charge in [0.2, 0.25) is 5.91 Å². The highest BCUT2D eigenvalue weighted by Gasteiger charge is 2.51. The lowest BCUT2D eigenvalue weighted by molar-refractivity contribution is -0.134. The van der Waals surface area contributed by atoms with Gasteiger partial charge >= 0.3 is 6.03 Å². The van der Waals surface area contributed by atoms with E-state index >= 15 is 0 Å². The van der Waals surface area contributed by atoms with Crippen LogP contribution in [0.1, 0.15) is 29.5 Å². The molecule has 3 aromatic rings. The van der Waals surface area contributed by atoms with Gasteiger partial charge in [0, 0.05) is 38.0 Å². The van der Waals surface area contributed by atoms with E-state index < -0.39 is 11.7 Å². The molecule has 2 aliphatic heterocycles. The third-order valence-corrected chi connectivity index (χ3v) is 8.14. The number of hydrogen-bond donors (Lipinski definition) is 2. The molecule has 1 atom stereocenters. The maximum Gasteiger partial charge on any atom is 0.317 e. The fraction of sp³-hybridized carbons (Fsp3) is 0.310. The molecule has 9 heteroatoms. The molecule has 0 saturated carbocycles. The van der Waals surface area contributed by atoms with Gasteiger partial charge in [-0.25, -0.2) is 9.18 Å². The summed E-state index contributed by atoms with van der Waals surface area (Å²) >= 11 is 12.1. The first-order valence-electron chi connectivity index (χ1n) is 12.7. The molecular weight excluding hydrogens is 526 g/mol. The Balaban J connectivity index is 1.28. The van der Waals surface area contributed by atoms with Crippen LogP contribution in [0.5, 0.6) is 0 Å². The summed E-state index contributed by atoms with van der Waals surface area (Å²) in [6.07, 6.45) is 1.63. The van der Waals surface area contributed by atoms with E-state index in [9.17, 15) is 14.0 Å². The van der Waals surface area contributed by atoms with Crippen molar-refractivity contribution in [1.82, 2.24) is 20.4 Å². The first kappa shape index (κ1) is 26.5. The maximum absolute atomic E-state index is 14.6. The summed E-state index contributed by atoms with van der Waals surface area (Å²) in [6, 6.07) is 21.1. The minimum absolute atomic E-state index is 0.0466. The summed E-state index contributed by atoms with van der Waals surface area (Å²) in [6.45, 7) is 1.42. The molecule has 6 nitrogen and oxygen atoms in total. The number of carbonyl (C=O) groups is 2. The lowest BCUT2D eigenvalue weighted by Crippen LogP contribution is -2.60. The summed E-state index contributed by atoms with van der Waals surface area (Å²) in [7, 11) is 0. The predicted molar refractivity (Wildman–Crippen MR) is 146 cm³/mol. The number of nitrogens with zero attached hydrogens (tertiary/aromatic N) is 2. The molecule has 2 N–H and O–H groups in total. The second-order valence-corrected chi connectivity index (χ2v) is 10.6. The monoisotopic (exact) mass is 554 g/mol. The number of piperidine rings is 1. The maximum atomic E-state index is 14.6. The first-order chi connectivity index (χ1) is 18.3. The highest BCUT2D eigenvalue weighted by Crippen LogP contribution is 2.35. The SMILES string of the molecule is O=C(NCc1ccc(Cl)c(Cl)c1)N1CCC2(CC1)NC(Cc1ccccc1)C(=O)N2Cc1ccccc1F. The van der Waals surface area contributed by atoms with Crippen molar-refractivity contribution in [3.8, 4) is 0 Å². The van der Waals surface area contributed by atoms with Crippen LogP contribution < -0.4 is 10.6 Å². The van der Waals surface area contributed by atoms with Crippen molar-refractivity contribution in [2.24, 2.45) is 0 Å². The Morgan fingerprint density at radius 1 is 0.974 bits per heavy atom. The van der Waals surface area contributed by atoms with Crippen molar-refractivity contribution in [3.63, 3.8) is 0 Å². The molecule has 198 valence electrons. The van der Waals surface area contributed by atoms with Crippen LogP contribution in [-0.2, 0) is 24.3 Å². The molecule has 2 saturated heterocycles. The number of rotatable bonds is 6. The number of urea groups is 1. The predicted octanol–water partition coefficient (Wildman–Crippen LogP) is 5.38. The van der Waals surface area contributed by atoms with Crippen LogP contribution in [0, 0.1) is 5.82 Å². The Hall–Kier alpha value is -3.13. The lowest BCUT2D eigenvalue weighted by atomic mass is 9.95. The lowest BCUT2D eigenvalue weighted by Gasteiger charge is -2.44. The van der Waals surface area contributed by atoms with Gasteiger partial charge in [0.1, 0.15) is 5.82 Å². The molecule has 0 bridgehead atoms. The second kappa shape index (κ2) is 11.3. The second-order valence-electron chi connectivity index (χ2n) is 9.83. The average Bonchev–Trinajstić information content (AvgIpc) is 3.16. The topological polar surface area (TPSA) is 64.7 Å². The fourth-order valence-corrected chi connectivity index (χ4v) is 5.63. The number of halogens is 3.